The number of sulfonamides is 1. The number of anilines is 2. The quantitative estimate of drug-likeness (QED) is 0.892. The van der Waals surface area contributed by atoms with Crippen molar-refractivity contribution in [2.75, 3.05) is 16.3 Å². The molecule has 0 saturated heterocycles. The number of thiophene rings is 1. The van der Waals surface area contributed by atoms with E-state index < -0.39 is 15.8 Å². The highest BCUT2D eigenvalue weighted by atomic mass is 32.2. The number of nitrogens with one attached hydrogen (secondary N) is 2. The van der Waals surface area contributed by atoms with Gasteiger partial charge in [-0.05, 0) is 29.6 Å². The van der Waals surface area contributed by atoms with Crippen LogP contribution in [-0.2, 0) is 16.6 Å². The fraction of sp³-hybridized carbons (Fsp3) is 0.167. The molecule has 0 fully saturated rings. The van der Waals surface area contributed by atoms with Gasteiger partial charge in [0.05, 0.1) is 11.9 Å². The first-order valence-corrected chi connectivity index (χ1v) is 8.25. The molecule has 0 atom stereocenters. The van der Waals surface area contributed by atoms with Gasteiger partial charge in [0.15, 0.2) is 0 Å². The summed E-state index contributed by atoms with van der Waals surface area (Å²) in [7, 11) is -3.49. The third-order valence-electron chi connectivity index (χ3n) is 2.31. The number of halogens is 1. The van der Waals surface area contributed by atoms with E-state index in [1.165, 1.54) is 12.1 Å². The van der Waals surface area contributed by atoms with Crippen molar-refractivity contribution in [2.45, 2.75) is 6.54 Å². The van der Waals surface area contributed by atoms with Crippen LogP contribution in [0, 0.1) is 5.82 Å². The van der Waals surface area contributed by atoms with Gasteiger partial charge in [0.1, 0.15) is 5.82 Å². The van der Waals surface area contributed by atoms with E-state index >= 15 is 0 Å². The molecule has 1 aromatic heterocycles. The van der Waals surface area contributed by atoms with Crippen LogP contribution in [0.15, 0.2) is 35.7 Å². The summed E-state index contributed by atoms with van der Waals surface area (Å²) in [5.74, 6) is -0.605. The molecule has 0 spiro atoms. The molecule has 1 heterocycles. The van der Waals surface area contributed by atoms with Crippen LogP contribution in [0.3, 0.4) is 0 Å². The van der Waals surface area contributed by atoms with E-state index in [4.69, 9.17) is 0 Å². The first kappa shape index (κ1) is 13.8. The highest BCUT2D eigenvalue weighted by molar-refractivity contribution is 7.92. The molecule has 0 saturated carbocycles. The maximum atomic E-state index is 13.5. The minimum Gasteiger partial charge on any atom is -0.380 e. The molecule has 4 nitrogen and oxygen atoms in total. The number of rotatable bonds is 5. The summed E-state index contributed by atoms with van der Waals surface area (Å²) >= 11 is 1.61. The molecule has 2 N–H and O–H groups in total. The van der Waals surface area contributed by atoms with Crippen molar-refractivity contribution in [1.82, 2.24) is 0 Å². The van der Waals surface area contributed by atoms with E-state index in [0.29, 0.717) is 12.2 Å². The Morgan fingerprint density at radius 2 is 2.11 bits per heavy atom. The van der Waals surface area contributed by atoms with Gasteiger partial charge in [0.2, 0.25) is 10.0 Å². The predicted molar refractivity (Wildman–Crippen MR) is 76.5 cm³/mol. The average molecular weight is 300 g/mol. The van der Waals surface area contributed by atoms with Crippen LogP contribution >= 0.6 is 11.3 Å². The molecule has 0 amide bonds. The van der Waals surface area contributed by atoms with Gasteiger partial charge >= 0.3 is 0 Å². The van der Waals surface area contributed by atoms with Crippen molar-refractivity contribution < 1.29 is 12.8 Å². The molecular formula is C12H13FN2O2S2. The van der Waals surface area contributed by atoms with Crippen molar-refractivity contribution in [2.24, 2.45) is 0 Å². The highest BCUT2D eigenvalue weighted by Crippen LogP contribution is 2.21. The van der Waals surface area contributed by atoms with Gasteiger partial charge in [0, 0.05) is 17.1 Å². The van der Waals surface area contributed by atoms with Gasteiger partial charge in [-0.2, -0.15) is 0 Å². The van der Waals surface area contributed by atoms with Crippen molar-refractivity contribution in [3.8, 4) is 0 Å². The van der Waals surface area contributed by atoms with Gasteiger partial charge < -0.3 is 5.32 Å². The van der Waals surface area contributed by atoms with E-state index in [9.17, 15) is 12.8 Å². The molecule has 0 aliphatic rings. The third kappa shape index (κ3) is 4.22. The van der Waals surface area contributed by atoms with Crippen molar-refractivity contribution in [1.29, 1.82) is 0 Å². The summed E-state index contributed by atoms with van der Waals surface area (Å²) in [5, 5.41) is 5.08. The van der Waals surface area contributed by atoms with Crippen molar-refractivity contribution >= 4 is 32.7 Å². The minimum absolute atomic E-state index is 0.0568. The van der Waals surface area contributed by atoms with Gasteiger partial charge in [0.25, 0.3) is 0 Å². The van der Waals surface area contributed by atoms with Gasteiger partial charge in [-0.15, -0.1) is 11.3 Å². The van der Waals surface area contributed by atoms with Gasteiger partial charge in [-0.3, -0.25) is 4.72 Å². The molecule has 0 unspecified atom stereocenters. The monoisotopic (exact) mass is 300 g/mol. The Kier molecular flexibility index (Phi) is 4.06. The minimum atomic E-state index is -3.49. The van der Waals surface area contributed by atoms with Crippen LogP contribution in [0.1, 0.15) is 4.88 Å². The molecule has 2 rings (SSSR count). The lowest BCUT2D eigenvalue weighted by Crippen LogP contribution is -2.11. The fourth-order valence-electron chi connectivity index (χ4n) is 1.52. The normalized spacial score (nSPS) is 11.3. The molecule has 0 aliphatic heterocycles. The Balaban J connectivity index is 2.12. The van der Waals surface area contributed by atoms with E-state index in [1.54, 1.807) is 17.4 Å². The molecule has 102 valence electrons. The smallest absolute Gasteiger partial charge is 0.229 e. The second-order valence-corrected chi connectivity index (χ2v) is 6.78. The largest absolute Gasteiger partial charge is 0.380 e. The van der Waals surface area contributed by atoms with Crippen LogP contribution in [-0.4, -0.2) is 14.7 Å². The number of benzene rings is 1. The van der Waals surface area contributed by atoms with Crippen LogP contribution in [0.4, 0.5) is 15.8 Å². The molecular weight excluding hydrogens is 287 g/mol. The van der Waals surface area contributed by atoms with Gasteiger partial charge in [-0.25, -0.2) is 12.8 Å². The zero-order valence-electron chi connectivity index (χ0n) is 10.2. The zero-order chi connectivity index (χ0) is 13.9. The standard InChI is InChI=1S/C12H13FN2O2S2/c1-19(16,17)15-12-7-9(4-5-11(12)13)14-8-10-3-2-6-18-10/h2-7,14-15H,8H2,1H3. The molecule has 1 aromatic carbocycles. The first-order chi connectivity index (χ1) is 8.94. The Labute approximate surface area is 115 Å². The second-order valence-electron chi connectivity index (χ2n) is 4.00. The summed E-state index contributed by atoms with van der Waals surface area (Å²) in [4.78, 5) is 1.14. The number of hydrogen-bond donors (Lipinski definition) is 2. The molecule has 0 bridgehead atoms. The summed E-state index contributed by atoms with van der Waals surface area (Å²) < 4.78 is 37.8. The lowest BCUT2D eigenvalue weighted by molar-refractivity contribution is 0.604. The van der Waals surface area contributed by atoms with Crippen LogP contribution in [0.25, 0.3) is 0 Å². The molecule has 19 heavy (non-hydrogen) atoms. The third-order valence-corrected chi connectivity index (χ3v) is 3.78. The highest BCUT2D eigenvalue weighted by Gasteiger charge is 2.08. The second kappa shape index (κ2) is 5.58. The number of hydrogen-bond acceptors (Lipinski definition) is 4. The van der Waals surface area contributed by atoms with Crippen molar-refractivity contribution in [3.05, 3.63) is 46.4 Å². The summed E-state index contributed by atoms with van der Waals surface area (Å²) in [5.41, 5.74) is 0.597. The van der Waals surface area contributed by atoms with E-state index in [-0.39, 0.29) is 5.69 Å². The van der Waals surface area contributed by atoms with E-state index in [1.807, 2.05) is 17.5 Å². The molecule has 0 aliphatic carbocycles. The maximum absolute atomic E-state index is 13.5. The Hall–Kier alpha value is -1.60. The SMILES string of the molecule is CS(=O)(=O)Nc1cc(NCc2cccs2)ccc1F. The zero-order valence-corrected chi connectivity index (χ0v) is 11.8. The van der Waals surface area contributed by atoms with Crippen LogP contribution < -0.4 is 10.0 Å². The molecule has 0 radical (unpaired) electrons. The van der Waals surface area contributed by atoms with Crippen LogP contribution in [0.5, 0.6) is 0 Å². The fourth-order valence-corrected chi connectivity index (χ4v) is 2.72. The Morgan fingerprint density at radius 1 is 1.32 bits per heavy atom. The van der Waals surface area contributed by atoms with Gasteiger partial charge in [-0.1, -0.05) is 6.07 Å². The summed E-state index contributed by atoms with van der Waals surface area (Å²) in [6, 6.07) is 8.16. The van der Waals surface area contributed by atoms with Crippen LogP contribution in [0.2, 0.25) is 0 Å². The van der Waals surface area contributed by atoms with E-state index in [2.05, 4.69) is 10.0 Å². The lowest BCUT2D eigenvalue weighted by Gasteiger charge is -2.09. The Morgan fingerprint density at radius 3 is 2.74 bits per heavy atom. The predicted octanol–water partition coefficient (Wildman–Crippen LogP) is 2.87. The summed E-state index contributed by atoms with van der Waals surface area (Å²) in [6.45, 7) is 0.613. The maximum Gasteiger partial charge on any atom is 0.229 e. The Bertz CT molecular complexity index is 654. The average Bonchev–Trinajstić information content (AvgIpc) is 2.81. The molecule has 7 heteroatoms. The lowest BCUT2D eigenvalue weighted by atomic mass is 10.2. The van der Waals surface area contributed by atoms with E-state index in [0.717, 1.165) is 11.1 Å². The van der Waals surface area contributed by atoms with Crippen molar-refractivity contribution in [3.63, 3.8) is 0 Å². The molecule has 2 aromatic rings. The first-order valence-electron chi connectivity index (χ1n) is 5.47. The summed E-state index contributed by atoms with van der Waals surface area (Å²) in [6.07, 6.45) is 0.984. The topological polar surface area (TPSA) is 58.2 Å².